The Bertz CT molecular complexity index is 1370. The first-order valence-electron chi connectivity index (χ1n) is 14.5. The summed E-state index contributed by atoms with van der Waals surface area (Å²) in [5.41, 5.74) is 2.70. The van der Waals surface area contributed by atoms with E-state index in [1.807, 2.05) is 42.5 Å². The molecule has 1 heterocycles. The molecular weight excluding hydrogens is 530 g/mol. The van der Waals surface area contributed by atoms with Gasteiger partial charge < -0.3 is 29.0 Å². The lowest BCUT2D eigenvalue weighted by Gasteiger charge is -2.26. The van der Waals surface area contributed by atoms with Crippen molar-refractivity contribution in [3.8, 4) is 28.7 Å². The Hall–Kier alpha value is -4.23. The van der Waals surface area contributed by atoms with Gasteiger partial charge in [-0.15, -0.1) is 0 Å². The van der Waals surface area contributed by atoms with Crippen LogP contribution >= 0.6 is 0 Å². The van der Waals surface area contributed by atoms with Gasteiger partial charge in [-0.2, -0.15) is 0 Å². The minimum Gasteiger partial charge on any atom is -0.507 e. The van der Waals surface area contributed by atoms with E-state index in [1.165, 1.54) is 57.7 Å². The zero-order chi connectivity index (χ0) is 29.7. The quantitative estimate of drug-likeness (QED) is 0.0955. The summed E-state index contributed by atoms with van der Waals surface area (Å²) in [6.07, 6.45) is 13.3. The van der Waals surface area contributed by atoms with Crippen LogP contribution in [-0.2, 0) is 0 Å². The highest BCUT2D eigenvalue weighted by atomic mass is 16.5. The number of unbranched alkanes of at least 4 members (excludes halogenated alkanes) is 1. The molecule has 0 bridgehead atoms. The Morgan fingerprint density at radius 3 is 2.24 bits per heavy atom. The molecule has 1 fully saturated rings. The highest BCUT2D eigenvalue weighted by Gasteiger charge is 2.13. The van der Waals surface area contributed by atoms with Gasteiger partial charge in [0.25, 0.3) is 0 Å². The van der Waals surface area contributed by atoms with Crippen molar-refractivity contribution >= 4 is 24.0 Å². The number of hydrogen-bond acceptors (Lipinski definition) is 7. The first kappa shape index (κ1) is 30.7. The number of carbonyl (C=O) groups excluding carboxylic acids is 1. The molecule has 1 N–H and O–H groups in total. The number of methoxy groups -OCH3 is 3. The SMILES string of the molecule is COc1ccc(C(=O)/C=C/c2c(/C=C/c3ccc(OCCCCN4CCCCC4)cc3)cc(OC)cc2OC)c(O)c1. The van der Waals surface area contributed by atoms with Crippen molar-refractivity contribution < 1.29 is 28.8 Å². The number of rotatable bonds is 14. The minimum absolute atomic E-state index is 0.143. The highest BCUT2D eigenvalue weighted by molar-refractivity contribution is 6.09. The molecule has 1 aliphatic rings. The molecule has 1 saturated heterocycles. The van der Waals surface area contributed by atoms with Gasteiger partial charge in [0, 0.05) is 17.7 Å². The molecule has 0 saturated carbocycles. The number of ketones is 1. The van der Waals surface area contributed by atoms with E-state index in [1.54, 1.807) is 32.4 Å². The number of hydrogen-bond donors (Lipinski definition) is 1. The van der Waals surface area contributed by atoms with Gasteiger partial charge in [0.15, 0.2) is 5.78 Å². The molecule has 42 heavy (non-hydrogen) atoms. The second-order valence-corrected chi connectivity index (χ2v) is 10.3. The van der Waals surface area contributed by atoms with Crippen LogP contribution in [0.3, 0.4) is 0 Å². The van der Waals surface area contributed by atoms with Gasteiger partial charge in [-0.05, 0) is 98.9 Å². The summed E-state index contributed by atoms with van der Waals surface area (Å²) in [6, 6.07) is 16.2. The van der Waals surface area contributed by atoms with Crippen molar-refractivity contribution in [2.45, 2.75) is 32.1 Å². The van der Waals surface area contributed by atoms with Gasteiger partial charge in [0.05, 0.1) is 33.5 Å². The van der Waals surface area contributed by atoms with Gasteiger partial charge >= 0.3 is 0 Å². The smallest absolute Gasteiger partial charge is 0.189 e. The Morgan fingerprint density at radius 1 is 0.810 bits per heavy atom. The van der Waals surface area contributed by atoms with Gasteiger partial charge in [-0.1, -0.05) is 30.7 Å². The van der Waals surface area contributed by atoms with Gasteiger partial charge in [0.2, 0.25) is 0 Å². The second kappa shape index (κ2) is 15.7. The fourth-order valence-electron chi connectivity index (χ4n) is 4.99. The van der Waals surface area contributed by atoms with E-state index in [4.69, 9.17) is 18.9 Å². The summed E-state index contributed by atoms with van der Waals surface area (Å²) in [5.74, 6) is 2.03. The molecule has 7 heteroatoms. The average Bonchev–Trinajstić information content (AvgIpc) is 3.03. The van der Waals surface area contributed by atoms with Crippen molar-refractivity contribution in [2.24, 2.45) is 0 Å². The lowest BCUT2D eigenvalue weighted by molar-refractivity contribution is 0.104. The fraction of sp³-hybridized carbons (Fsp3) is 0.343. The summed E-state index contributed by atoms with van der Waals surface area (Å²) in [4.78, 5) is 15.4. The number of aromatic hydroxyl groups is 1. The maximum absolute atomic E-state index is 12.9. The molecule has 3 aromatic carbocycles. The lowest BCUT2D eigenvalue weighted by atomic mass is 10.0. The monoisotopic (exact) mass is 571 g/mol. The van der Waals surface area contributed by atoms with E-state index in [0.717, 1.165) is 42.9 Å². The zero-order valence-corrected chi connectivity index (χ0v) is 24.8. The fourth-order valence-corrected chi connectivity index (χ4v) is 4.99. The van der Waals surface area contributed by atoms with Crippen LogP contribution in [0.2, 0.25) is 0 Å². The van der Waals surface area contributed by atoms with Crippen LogP contribution in [-0.4, -0.2) is 63.4 Å². The lowest BCUT2D eigenvalue weighted by Crippen LogP contribution is -2.30. The number of benzene rings is 3. The van der Waals surface area contributed by atoms with Gasteiger partial charge in [-0.25, -0.2) is 0 Å². The normalized spacial score (nSPS) is 13.9. The second-order valence-electron chi connectivity index (χ2n) is 10.3. The third-order valence-electron chi connectivity index (χ3n) is 7.40. The Labute approximate surface area is 249 Å². The van der Waals surface area contributed by atoms with Crippen LogP contribution in [0.1, 0.15) is 59.2 Å². The molecule has 0 aliphatic carbocycles. The van der Waals surface area contributed by atoms with Crippen molar-refractivity contribution in [2.75, 3.05) is 47.6 Å². The van der Waals surface area contributed by atoms with E-state index >= 15 is 0 Å². The summed E-state index contributed by atoms with van der Waals surface area (Å²) >= 11 is 0. The Morgan fingerprint density at radius 2 is 1.55 bits per heavy atom. The Kier molecular flexibility index (Phi) is 11.5. The summed E-state index contributed by atoms with van der Waals surface area (Å²) in [7, 11) is 4.67. The summed E-state index contributed by atoms with van der Waals surface area (Å²) < 4.78 is 22.2. The van der Waals surface area contributed by atoms with Crippen molar-refractivity contribution in [3.63, 3.8) is 0 Å². The van der Waals surface area contributed by atoms with E-state index in [0.29, 0.717) is 22.8 Å². The predicted molar refractivity (Wildman–Crippen MR) is 168 cm³/mol. The first-order chi connectivity index (χ1) is 20.5. The average molecular weight is 572 g/mol. The molecule has 222 valence electrons. The molecule has 3 aromatic rings. The van der Waals surface area contributed by atoms with E-state index in [2.05, 4.69) is 4.90 Å². The number of phenols is 1. The summed E-state index contributed by atoms with van der Waals surface area (Å²) in [5, 5.41) is 10.3. The topological polar surface area (TPSA) is 77.5 Å². The maximum atomic E-state index is 12.9. The van der Waals surface area contributed by atoms with Gasteiger partial charge in [0.1, 0.15) is 28.7 Å². The van der Waals surface area contributed by atoms with Crippen molar-refractivity contribution in [1.29, 1.82) is 0 Å². The number of piperidine rings is 1. The van der Waals surface area contributed by atoms with Crippen LogP contribution in [0.5, 0.6) is 28.7 Å². The van der Waals surface area contributed by atoms with Crippen LogP contribution in [0.25, 0.3) is 18.2 Å². The van der Waals surface area contributed by atoms with Crippen LogP contribution in [0, 0.1) is 0 Å². The van der Waals surface area contributed by atoms with Crippen molar-refractivity contribution in [3.05, 3.63) is 82.9 Å². The number of ether oxygens (including phenoxy) is 4. The molecule has 0 radical (unpaired) electrons. The number of likely N-dealkylation sites (tertiary alicyclic amines) is 1. The molecule has 0 spiro atoms. The van der Waals surface area contributed by atoms with E-state index < -0.39 is 0 Å². The van der Waals surface area contributed by atoms with E-state index in [9.17, 15) is 9.90 Å². The number of phenolic OH excluding ortho intramolecular Hbond substituents is 1. The standard InChI is InChI=1S/C35H41NO6/c1-39-29-15-16-32(34(38)24-29)33(37)18-17-31-27(23-30(40-2)25-35(31)41-3)12-9-26-10-13-28(14-11-26)42-22-8-7-21-36-19-5-4-6-20-36/h9-18,23-25,38H,4-8,19-22H2,1-3H3/b12-9+,18-17+. The number of nitrogens with zero attached hydrogens (tertiary/aromatic N) is 1. The molecule has 1 aliphatic heterocycles. The van der Waals surface area contributed by atoms with Crippen LogP contribution < -0.4 is 18.9 Å². The molecule has 4 rings (SSSR count). The molecule has 0 atom stereocenters. The first-order valence-corrected chi connectivity index (χ1v) is 14.5. The molecule has 0 unspecified atom stereocenters. The molecule has 0 amide bonds. The third kappa shape index (κ3) is 8.63. The van der Waals surface area contributed by atoms with Gasteiger partial charge in [-0.3, -0.25) is 4.79 Å². The van der Waals surface area contributed by atoms with Crippen LogP contribution in [0.15, 0.2) is 60.7 Å². The Balaban J connectivity index is 1.42. The maximum Gasteiger partial charge on any atom is 0.189 e. The molecule has 7 nitrogen and oxygen atoms in total. The third-order valence-corrected chi connectivity index (χ3v) is 7.40. The number of allylic oxidation sites excluding steroid dienone is 1. The zero-order valence-electron chi connectivity index (χ0n) is 24.8. The largest absolute Gasteiger partial charge is 0.507 e. The number of carbonyl (C=O) groups is 1. The predicted octanol–water partition coefficient (Wildman–Crippen LogP) is 7.13. The van der Waals surface area contributed by atoms with Crippen molar-refractivity contribution in [1.82, 2.24) is 4.90 Å². The summed E-state index contributed by atoms with van der Waals surface area (Å²) in [6.45, 7) is 4.36. The van der Waals surface area contributed by atoms with Crippen LogP contribution in [0.4, 0.5) is 0 Å². The van der Waals surface area contributed by atoms with E-state index in [-0.39, 0.29) is 17.1 Å². The molecule has 0 aromatic heterocycles. The molecular formula is C35H41NO6. The highest BCUT2D eigenvalue weighted by Crippen LogP contribution is 2.32. The minimum atomic E-state index is -0.343.